The Kier molecular flexibility index (Phi) is 4.44. The summed E-state index contributed by atoms with van der Waals surface area (Å²) in [4.78, 5) is 10.8. The second-order valence-electron chi connectivity index (χ2n) is 5.23. The molecule has 1 unspecified atom stereocenters. The van der Waals surface area contributed by atoms with Crippen LogP contribution in [0.4, 0.5) is 0 Å². The summed E-state index contributed by atoms with van der Waals surface area (Å²) in [7, 11) is 3.21. The zero-order valence-corrected chi connectivity index (χ0v) is 13.9. The molecule has 1 atom stereocenters. The van der Waals surface area contributed by atoms with Gasteiger partial charge in [0.15, 0.2) is 16.6 Å². The Balaban J connectivity index is 2.14. The first-order valence-electron chi connectivity index (χ1n) is 7.29. The Hall–Kier alpha value is -2.19. The number of benzene rings is 1. The van der Waals surface area contributed by atoms with Crippen molar-refractivity contribution < 1.29 is 9.47 Å². The Morgan fingerprint density at radius 3 is 2.74 bits per heavy atom. The predicted octanol–water partition coefficient (Wildman–Crippen LogP) is 0.837. The number of piperazine rings is 1. The van der Waals surface area contributed by atoms with E-state index in [-0.39, 0.29) is 6.04 Å². The number of fused-ring (bicyclic) bond motifs is 1. The van der Waals surface area contributed by atoms with Crippen LogP contribution in [-0.4, -0.2) is 53.8 Å². The first kappa shape index (κ1) is 15.7. The van der Waals surface area contributed by atoms with E-state index in [9.17, 15) is 0 Å². The Morgan fingerprint density at radius 2 is 2.04 bits per heavy atom. The normalized spacial score (nSPS) is 18.0. The van der Waals surface area contributed by atoms with E-state index < -0.39 is 0 Å². The van der Waals surface area contributed by atoms with E-state index in [0.717, 1.165) is 36.2 Å². The maximum absolute atomic E-state index is 5.88. The third-order valence-electron chi connectivity index (χ3n) is 4.01. The molecule has 0 bridgehead atoms. The lowest BCUT2D eigenvalue weighted by Gasteiger charge is -2.36. The highest BCUT2D eigenvalue weighted by molar-refractivity contribution is 7.80. The number of hydrogen-bond acceptors (Lipinski definition) is 6. The molecule has 2 aromatic rings. The summed E-state index contributed by atoms with van der Waals surface area (Å²) in [5, 5.41) is 4.64. The van der Waals surface area contributed by atoms with Gasteiger partial charge in [-0.15, -0.1) is 0 Å². The van der Waals surface area contributed by atoms with Crippen molar-refractivity contribution in [3.63, 3.8) is 0 Å². The summed E-state index contributed by atoms with van der Waals surface area (Å²) >= 11 is 5.19. The third-order valence-corrected chi connectivity index (χ3v) is 4.25. The summed E-state index contributed by atoms with van der Waals surface area (Å²) in [6.45, 7) is 2.31. The summed E-state index contributed by atoms with van der Waals surface area (Å²) in [5.74, 6) is 1.28. The number of nitrogens with two attached hydrogens (primary N) is 1. The molecular formula is C15H19N5O2S. The minimum absolute atomic E-state index is 0.0372. The van der Waals surface area contributed by atoms with Crippen molar-refractivity contribution in [2.45, 2.75) is 6.04 Å². The summed E-state index contributed by atoms with van der Waals surface area (Å²) in [6, 6.07) is 3.71. The number of ether oxygens (including phenoxy) is 2. The summed E-state index contributed by atoms with van der Waals surface area (Å²) in [5.41, 5.74) is 7.55. The highest BCUT2D eigenvalue weighted by Crippen LogP contribution is 2.34. The van der Waals surface area contributed by atoms with Crippen LogP contribution in [0.2, 0.25) is 0 Å². The molecule has 1 fully saturated rings. The average Bonchev–Trinajstić information content (AvgIpc) is 2.59. The molecule has 1 saturated heterocycles. The van der Waals surface area contributed by atoms with Crippen LogP contribution in [0, 0.1) is 0 Å². The van der Waals surface area contributed by atoms with Gasteiger partial charge in [-0.05, 0) is 18.3 Å². The van der Waals surface area contributed by atoms with Crippen molar-refractivity contribution in [2.24, 2.45) is 5.73 Å². The van der Waals surface area contributed by atoms with Gasteiger partial charge in [0.1, 0.15) is 6.33 Å². The van der Waals surface area contributed by atoms with Crippen molar-refractivity contribution in [1.29, 1.82) is 0 Å². The number of hydrogen-bond donors (Lipinski definition) is 2. The second kappa shape index (κ2) is 6.51. The van der Waals surface area contributed by atoms with Gasteiger partial charge < -0.3 is 25.4 Å². The Labute approximate surface area is 139 Å². The molecule has 1 aliphatic rings. The van der Waals surface area contributed by atoms with E-state index >= 15 is 0 Å². The summed E-state index contributed by atoms with van der Waals surface area (Å²) < 4.78 is 10.7. The smallest absolute Gasteiger partial charge is 0.166 e. The molecule has 1 aliphatic heterocycles. The Morgan fingerprint density at radius 1 is 1.30 bits per heavy atom. The van der Waals surface area contributed by atoms with Crippen LogP contribution in [0.3, 0.4) is 0 Å². The number of thiocarbonyl (C=S) groups is 1. The number of rotatable bonds is 3. The first-order valence-corrected chi connectivity index (χ1v) is 7.70. The van der Waals surface area contributed by atoms with Crippen LogP contribution in [0.1, 0.15) is 11.7 Å². The van der Waals surface area contributed by atoms with E-state index in [1.165, 1.54) is 0 Å². The van der Waals surface area contributed by atoms with Crippen LogP contribution in [0.15, 0.2) is 18.5 Å². The highest BCUT2D eigenvalue weighted by atomic mass is 32.1. The molecule has 0 aliphatic carbocycles. The van der Waals surface area contributed by atoms with Crippen molar-refractivity contribution in [1.82, 2.24) is 20.2 Å². The van der Waals surface area contributed by atoms with Gasteiger partial charge in [-0.3, -0.25) is 0 Å². The van der Waals surface area contributed by atoms with Crippen LogP contribution in [0.5, 0.6) is 11.5 Å². The minimum atomic E-state index is -0.0372. The van der Waals surface area contributed by atoms with Gasteiger partial charge >= 0.3 is 0 Å². The summed E-state index contributed by atoms with van der Waals surface area (Å²) in [6.07, 6.45) is 1.55. The standard InChI is InChI=1S/C15H19N5O2S/c1-21-12-5-9-10(6-13(12)22-2)18-8-19-14(9)11-7-17-3-4-20(11)15(16)23/h5-6,8,11,17H,3-4,7H2,1-2H3,(H2,16,23). The van der Waals surface area contributed by atoms with E-state index in [0.29, 0.717) is 16.6 Å². The second-order valence-corrected chi connectivity index (χ2v) is 5.65. The lowest BCUT2D eigenvalue weighted by molar-refractivity contribution is 0.260. The van der Waals surface area contributed by atoms with Gasteiger partial charge in [0, 0.05) is 31.1 Å². The van der Waals surface area contributed by atoms with Gasteiger partial charge in [-0.1, -0.05) is 0 Å². The quantitative estimate of drug-likeness (QED) is 0.799. The van der Waals surface area contributed by atoms with Gasteiger partial charge in [0.25, 0.3) is 0 Å². The van der Waals surface area contributed by atoms with Gasteiger partial charge in [-0.25, -0.2) is 9.97 Å². The van der Waals surface area contributed by atoms with Gasteiger partial charge in [0.2, 0.25) is 0 Å². The average molecular weight is 333 g/mol. The molecule has 0 saturated carbocycles. The molecule has 3 N–H and O–H groups in total. The van der Waals surface area contributed by atoms with Crippen molar-refractivity contribution in [2.75, 3.05) is 33.9 Å². The molecule has 23 heavy (non-hydrogen) atoms. The number of nitrogens with zero attached hydrogens (tertiary/aromatic N) is 3. The maximum Gasteiger partial charge on any atom is 0.166 e. The van der Waals surface area contributed by atoms with Gasteiger partial charge in [0.05, 0.1) is 31.5 Å². The fourth-order valence-electron chi connectivity index (χ4n) is 2.88. The third kappa shape index (κ3) is 2.87. The van der Waals surface area contributed by atoms with E-state index in [2.05, 4.69) is 15.3 Å². The molecule has 3 rings (SSSR count). The molecule has 8 heteroatoms. The SMILES string of the molecule is COc1cc2ncnc(C3CNCCN3C(N)=S)c2cc1OC. The molecule has 1 aromatic carbocycles. The molecule has 0 amide bonds. The molecular weight excluding hydrogens is 314 g/mol. The van der Waals surface area contributed by atoms with Gasteiger partial charge in [-0.2, -0.15) is 0 Å². The molecule has 122 valence electrons. The lowest BCUT2D eigenvalue weighted by Crippen LogP contribution is -2.50. The molecule has 0 radical (unpaired) electrons. The fraction of sp³-hybridized carbons (Fsp3) is 0.400. The molecule has 7 nitrogen and oxygen atoms in total. The lowest BCUT2D eigenvalue weighted by atomic mass is 10.0. The van der Waals surface area contributed by atoms with E-state index in [1.54, 1.807) is 20.5 Å². The first-order chi connectivity index (χ1) is 11.2. The van der Waals surface area contributed by atoms with Crippen LogP contribution in [0.25, 0.3) is 10.9 Å². The topological polar surface area (TPSA) is 85.5 Å². The number of methoxy groups -OCH3 is 2. The zero-order chi connectivity index (χ0) is 16.4. The van der Waals surface area contributed by atoms with Crippen LogP contribution in [-0.2, 0) is 0 Å². The van der Waals surface area contributed by atoms with E-state index in [4.69, 9.17) is 27.4 Å². The predicted molar refractivity (Wildman–Crippen MR) is 91.7 cm³/mol. The Bertz CT molecular complexity index is 739. The minimum Gasteiger partial charge on any atom is -0.493 e. The number of aromatic nitrogens is 2. The van der Waals surface area contributed by atoms with Crippen molar-refractivity contribution in [3.05, 3.63) is 24.2 Å². The molecule has 1 aromatic heterocycles. The van der Waals surface area contributed by atoms with E-state index in [1.807, 2.05) is 17.0 Å². The zero-order valence-electron chi connectivity index (χ0n) is 13.1. The molecule has 2 heterocycles. The van der Waals surface area contributed by atoms with Crippen LogP contribution >= 0.6 is 12.2 Å². The largest absolute Gasteiger partial charge is 0.493 e. The molecule has 0 spiro atoms. The monoisotopic (exact) mass is 333 g/mol. The van der Waals surface area contributed by atoms with Crippen LogP contribution < -0.4 is 20.5 Å². The van der Waals surface area contributed by atoms with Crippen molar-refractivity contribution >= 4 is 28.2 Å². The van der Waals surface area contributed by atoms with Crippen molar-refractivity contribution in [3.8, 4) is 11.5 Å². The number of nitrogens with one attached hydrogen (secondary N) is 1. The maximum atomic E-state index is 5.88. The fourth-order valence-corrected chi connectivity index (χ4v) is 3.10. The highest BCUT2D eigenvalue weighted by Gasteiger charge is 2.27.